The van der Waals surface area contributed by atoms with E-state index in [4.69, 9.17) is 9.47 Å². The third-order valence-corrected chi connectivity index (χ3v) is 9.45. The summed E-state index contributed by atoms with van der Waals surface area (Å²) in [5.41, 5.74) is 7.89. The molecule has 6 aromatic rings. The maximum absolute atomic E-state index is 15.1. The summed E-state index contributed by atoms with van der Waals surface area (Å²) in [6, 6.07) is 34.7. The van der Waals surface area contributed by atoms with Gasteiger partial charge in [-0.25, -0.2) is 4.39 Å². The Bertz CT molecular complexity index is 2140. The minimum absolute atomic E-state index is 0.264. The SMILES string of the molecule is COc1ccc(C2(c3ccc4ccccc4c3)C=Cc3c4c(c5ccc(F)cc5c3O2)-c2ccc(C)cc2C4(C)C)cc1. The quantitative estimate of drug-likeness (QED) is 0.214. The average molecular weight is 563 g/mol. The van der Waals surface area contributed by atoms with E-state index in [-0.39, 0.29) is 11.2 Å². The zero-order chi connectivity index (χ0) is 29.5. The number of hydrogen-bond acceptors (Lipinski definition) is 2. The van der Waals surface area contributed by atoms with Crippen molar-refractivity contribution in [2.45, 2.75) is 31.8 Å². The Labute approximate surface area is 251 Å². The fourth-order valence-corrected chi connectivity index (χ4v) is 7.31. The highest BCUT2D eigenvalue weighted by Crippen LogP contribution is 2.58. The summed E-state index contributed by atoms with van der Waals surface area (Å²) < 4.78 is 27.9. The molecule has 3 heteroatoms. The Hall–Kier alpha value is -4.89. The second-order valence-corrected chi connectivity index (χ2v) is 12.3. The molecule has 0 N–H and O–H groups in total. The highest BCUT2D eigenvalue weighted by atomic mass is 19.1. The van der Waals surface area contributed by atoms with E-state index in [0.717, 1.165) is 44.0 Å². The summed E-state index contributed by atoms with van der Waals surface area (Å²) in [5, 5.41) is 4.08. The molecule has 1 atom stereocenters. The third-order valence-electron chi connectivity index (χ3n) is 9.45. The van der Waals surface area contributed by atoms with Crippen LogP contribution in [0, 0.1) is 12.7 Å². The lowest BCUT2D eigenvalue weighted by Crippen LogP contribution is -2.35. The largest absolute Gasteiger partial charge is 0.497 e. The first-order valence-corrected chi connectivity index (χ1v) is 14.7. The highest BCUT2D eigenvalue weighted by molar-refractivity contribution is 6.08. The summed E-state index contributed by atoms with van der Waals surface area (Å²) in [4.78, 5) is 0. The predicted molar refractivity (Wildman–Crippen MR) is 174 cm³/mol. The molecule has 0 saturated heterocycles. The number of hydrogen-bond donors (Lipinski definition) is 0. The number of ether oxygens (including phenoxy) is 2. The van der Waals surface area contributed by atoms with Gasteiger partial charge in [0.2, 0.25) is 0 Å². The standard InChI is InChI=1S/C40H31FO2/c1-24-9-17-32-35(21-24)39(2,3)37-33-19-20-40(27-12-15-30(42-4)16-13-27,28-11-10-25-7-5-6-8-26(25)22-28)43-38(33)34-23-29(41)14-18-31(34)36(32)37/h5-23H,1-4H3. The van der Waals surface area contributed by atoms with E-state index in [1.807, 2.05) is 18.2 Å². The van der Waals surface area contributed by atoms with E-state index in [1.54, 1.807) is 19.2 Å². The fourth-order valence-electron chi connectivity index (χ4n) is 7.31. The topological polar surface area (TPSA) is 18.5 Å². The highest BCUT2D eigenvalue weighted by Gasteiger charge is 2.44. The fraction of sp³-hybridized carbons (Fsp3) is 0.150. The zero-order valence-corrected chi connectivity index (χ0v) is 24.7. The van der Waals surface area contributed by atoms with Crippen molar-refractivity contribution in [1.82, 2.24) is 0 Å². The van der Waals surface area contributed by atoms with Crippen LogP contribution >= 0.6 is 0 Å². The summed E-state index contributed by atoms with van der Waals surface area (Å²) in [7, 11) is 1.67. The average Bonchev–Trinajstić information content (AvgIpc) is 3.26. The van der Waals surface area contributed by atoms with Gasteiger partial charge < -0.3 is 9.47 Å². The minimum Gasteiger partial charge on any atom is -0.497 e. The molecule has 0 bridgehead atoms. The molecule has 1 unspecified atom stereocenters. The van der Waals surface area contributed by atoms with Gasteiger partial charge in [-0.3, -0.25) is 0 Å². The van der Waals surface area contributed by atoms with Crippen molar-refractivity contribution >= 4 is 27.6 Å². The molecule has 0 fully saturated rings. The molecule has 2 aliphatic rings. The number of fused-ring (bicyclic) bond motifs is 9. The van der Waals surface area contributed by atoms with Gasteiger partial charge in [-0.1, -0.05) is 98.3 Å². The van der Waals surface area contributed by atoms with E-state index >= 15 is 4.39 Å². The second kappa shape index (κ2) is 9.05. The van der Waals surface area contributed by atoms with Gasteiger partial charge >= 0.3 is 0 Å². The van der Waals surface area contributed by atoms with Gasteiger partial charge in [0.25, 0.3) is 0 Å². The monoisotopic (exact) mass is 562 g/mol. The lowest BCUT2D eigenvalue weighted by molar-refractivity contribution is 0.163. The van der Waals surface area contributed by atoms with E-state index in [0.29, 0.717) is 5.75 Å². The Morgan fingerprint density at radius 1 is 0.744 bits per heavy atom. The first-order chi connectivity index (χ1) is 20.8. The van der Waals surface area contributed by atoms with E-state index < -0.39 is 5.60 Å². The van der Waals surface area contributed by atoms with Crippen molar-refractivity contribution in [3.63, 3.8) is 0 Å². The van der Waals surface area contributed by atoms with Crippen molar-refractivity contribution in [3.8, 4) is 22.6 Å². The molecule has 8 rings (SSSR count). The van der Waals surface area contributed by atoms with E-state index in [1.165, 1.54) is 27.8 Å². The van der Waals surface area contributed by atoms with Gasteiger partial charge in [-0.15, -0.1) is 0 Å². The lowest BCUT2D eigenvalue weighted by Gasteiger charge is -2.38. The summed E-state index contributed by atoms with van der Waals surface area (Å²) in [6.07, 6.45) is 4.39. The molecule has 0 aromatic heterocycles. The molecule has 0 saturated carbocycles. The van der Waals surface area contributed by atoms with Gasteiger partial charge in [-0.2, -0.15) is 0 Å². The predicted octanol–water partition coefficient (Wildman–Crippen LogP) is 10.1. The van der Waals surface area contributed by atoms with Crippen molar-refractivity contribution in [1.29, 1.82) is 0 Å². The third kappa shape index (κ3) is 3.64. The molecule has 210 valence electrons. The Morgan fingerprint density at radius 2 is 1.51 bits per heavy atom. The lowest BCUT2D eigenvalue weighted by atomic mass is 9.76. The van der Waals surface area contributed by atoms with Crippen molar-refractivity contribution < 1.29 is 13.9 Å². The van der Waals surface area contributed by atoms with Crippen LogP contribution in [0.3, 0.4) is 0 Å². The summed E-state index contributed by atoms with van der Waals surface area (Å²) in [6.45, 7) is 6.71. The maximum Gasteiger partial charge on any atom is 0.178 e. The van der Waals surface area contributed by atoms with E-state index in [9.17, 15) is 0 Å². The zero-order valence-electron chi connectivity index (χ0n) is 24.7. The molecule has 1 aliphatic heterocycles. The Balaban J connectivity index is 1.45. The number of halogens is 1. The molecule has 0 spiro atoms. The number of benzene rings is 6. The van der Waals surface area contributed by atoms with Crippen LogP contribution in [0.2, 0.25) is 0 Å². The van der Waals surface area contributed by atoms with E-state index in [2.05, 4.69) is 106 Å². The minimum atomic E-state index is -0.941. The molecular weight excluding hydrogens is 531 g/mol. The number of methoxy groups -OCH3 is 1. The van der Waals surface area contributed by atoms with Crippen LogP contribution in [0.15, 0.2) is 109 Å². The van der Waals surface area contributed by atoms with Crippen LogP contribution in [0.5, 0.6) is 11.5 Å². The van der Waals surface area contributed by atoms with Gasteiger partial charge in [0.15, 0.2) is 5.60 Å². The molecular formula is C40H31FO2. The second-order valence-electron chi connectivity index (χ2n) is 12.3. The van der Waals surface area contributed by atoms with Crippen molar-refractivity contribution in [2.24, 2.45) is 0 Å². The first-order valence-electron chi connectivity index (χ1n) is 14.7. The molecule has 43 heavy (non-hydrogen) atoms. The van der Waals surface area contributed by atoms with Crippen LogP contribution in [-0.2, 0) is 11.0 Å². The molecule has 0 amide bonds. The molecule has 0 radical (unpaired) electrons. The first kappa shape index (κ1) is 25.8. The van der Waals surface area contributed by atoms with Crippen LogP contribution in [0.25, 0.3) is 38.7 Å². The van der Waals surface area contributed by atoms with Gasteiger partial charge in [0, 0.05) is 27.5 Å². The molecule has 1 aliphatic carbocycles. The maximum atomic E-state index is 15.1. The van der Waals surface area contributed by atoms with Crippen LogP contribution < -0.4 is 9.47 Å². The van der Waals surface area contributed by atoms with Gasteiger partial charge in [-0.05, 0) is 81.7 Å². The Morgan fingerprint density at radius 3 is 2.30 bits per heavy atom. The number of aryl methyl sites for hydroxylation is 1. The van der Waals surface area contributed by atoms with Crippen molar-refractivity contribution in [3.05, 3.63) is 148 Å². The van der Waals surface area contributed by atoms with Gasteiger partial charge in [0.05, 0.1) is 7.11 Å². The number of rotatable bonds is 3. The van der Waals surface area contributed by atoms with Crippen LogP contribution in [0.4, 0.5) is 4.39 Å². The smallest absolute Gasteiger partial charge is 0.178 e. The molecule has 2 nitrogen and oxygen atoms in total. The van der Waals surface area contributed by atoms with Gasteiger partial charge in [0.1, 0.15) is 17.3 Å². The normalized spacial score (nSPS) is 17.8. The molecule has 1 heterocycles. The Kier molecular flexibility index (Phi) is 5.43. The summed E-state index contributed by atoms with van der Waals surface area (Å²) in [5.74, 6) is 1.20. The summed E-state index contributed by atoms with van der Waals surface area (Å²) >= 11 is 0. The van der Waals surface area contributed by atoms with Crippen LogP contribution in [0.1, 0.15) is 47.2 Å². The molecule has 6 aromatic carbocycles. The van der Waals surface area contributed by atoms with Crippen molar-refractivity contribution in [2.75, 3.05) is 7.11 Å². The van der Waals surface area contributed by atoms with Crippen LogP contribution in [-0.4, -0.2) is 7.11 Å².